The van der Waals surface area contributed by atoms with Crippen LogP contribution in [0, 0.1) is 0 Å². The van der Waals surface area contributed by atoms with Crippen LogP contribution in [0.25, 0.3) is 34.1 Å². The van der Waals surface area contributed by atoms with Crippen molar-refractivity contribution in [2.24, 2.45) is 0 Å². The van der Waals surface area contributed by atoms with Gasteiger partial charge in [0.25, 0.3) is 0 Å². The summed E-state index contributed by atoms with van der Waals surface area (Å²) in [4.78, 5) is 4.71. The molecule has 0 fully saturated rings. The number of fused-ring (bicyclic) bond motifs is 4. The van der Waals surface area contributed by atoms with Crippen molar-refractivity contribution in [3.05, 3.63) is 216 Å². The highest BCUT2D eigenvalue weighted by Crippen LogP contribution is 2.51. The molecular formula is C55H48N2. The molecular weight excluding hydrogens is 689 g/mol. The molecule has 8 aromatic carbocycles. The Labute approximate surface area is 338 Å². The molecule has 0 saturated carbocycles. The Balaban J connectivity index is 1.00. The maximum absolute atomic E-state index is 2.40. The van der Waals surface area contributed by atoms with Gasteiger partial charge in [-0.25, -0.2) is 0 Å². The molecule has 0 amide bonds. The molecule has 57 heavy (non-hydrogen) atoms. The Hall–Kier alpha value is -6.64. The second kappa shape index (κ2) is 14.5. The van der Waals surface area contributed by atoms with Gasteiger partial charge >= 0.3 is 0 Å². The van der Waals surface area contributed by atoms with Gasteiger partial charge in [-0.2, -0.15) is 0 Å². The van der Waals surface area contributed by atoms with E-state index in [1.54, 1.807) is 0 Å². The first-order valence-corrected chi connectivity index (χ1v) is 20.0. The van der Waals surface area contributed by atoms with Crippen molar-refractivity contribution in [3.8, 4) is 11.1 Å². The zero-order valence-corrected chi connectivity index (χ0v) is 33.4. The quantitative estimate of drug-likeness (QED) is 0.143. The van der Waals surface area contributed by atoms with E-state index in [9.17, 15) is 0 Å². The number of anilines is 6. The number of nitrogens with zero attached hydrogens (tertiary/aromatic N) is 2. The van der Waals surface area contributed by atoms with Gasteiger partial charge in [-0.05, 0) is 128 Å². The van der Waals surface area contributed by atoms with Crippen molar-refractivity contribution in [2.75, 3.05) is 9.80 Å². The van der Waals surface area contributed by atoms with E-state index in [2.05, 4.69) is 245 Å². The maximum atomic E-state index is 2.40. The Morgan fingerprint density at radius 1 is 0.386 bits per heavy atom. The van der Waals surface area contributed by atoms with Crippen LogP contribution in [0.3, 0.4) is 0 Å². The van der Waals surface area contributed by atoms with E-state index in [4.69, 9.17) is 0 Å². The van der Waals surface area contributed by atoms with E-state index in [1.807, 2.05) is 0 Å². The van der Waals surface area contributed by atoms with Crippen molar-refractivity contribution in [1.82, 2.24) is 0 Å². The first kappa shape index (κ1) is 36.0. The number of benzene rings is 8. The molecule has 0 spiro atoms. The van der Waals surface area contributed by atoms with Crippen LogP contribution in [-0.4, -0.2) is 0 Å². The predicted octanol–water partition coefficient (Wildman–Crippen LogP) is 15.6. The second-order valence-corrected chi connectivity index (χ2v) is 16.8. The fraction of sp³-hybridized carbons (Fsp3) is 0.127. The number of para-hydroxylation sites is 2. The third kappa shape index (κ3) is 6.93. The molecule has 0 radical (unpaired) electrons. The summed E-state index contributed by atoms with van der Waals surface area (Å²) in [5.74, 6) is 0. The third-order valence-electron chi connectivity index (χ3n) is 11.6. The van der Waals surface area contributed by atoms with Gasteiger partial charge in [-0.3, -0.25) is 0 Å². The molecule has 0 aliphatic heterocycles. The van der Waals surface area contributed by atoms with Gasteiger partial charge in [-0.1, -0.05) is 162 Å². The summed E-state index contributed by atoms with van der Waals surface area (Å²) in [6, 6.07) is 68.5. The van der Waals surface area contributed by atoms with Gasteiger partial charge in [0.1, 0.15) is 0 Å². The summed E-state index contributed by atoms with van der Waals surface area (Å²) < 4.78 is 0. The van der Waals surface area contributed by atoms with Crippen LogP contribution in [0.4, 0.5) is 34.1 Å². The van der Waals surface area contributed by atoms with Crippen LogP contribution in [-0.2, 0) is 10.8 Å². The van der Waals surface area contributed by atoms with Crippen LogP contribution in [0.15, 0.2) is 188 Å². The van der Waals surface area contributed by atoms with Crippen LogP contribution >= 0.6 is 0 Å². The minimum absolute atomic E-state index is 0.0927. The molecule has 2 heteroatoms. The zero-order chi connectivity index (χ0) is 39.1. The molecule has 278 valence electrons. The molecule has 0 N–H and O–H groups in total. The normalized spacial score (nSPS) is 13.1. The highest BCUT2D eigenvalue weighted by atomic mass is 15.1. The highest BCUT2D eigenvalue weighted by molar-refractivity contribution is 5.90. The molecule has 0 atom stereocenters. The average molecular weight is 737 g/mol. The molecule has 0 bridgehead atoms. The predicted molar refractivity (Wildman–Crippen MR) is 245 cm³/mol. The van der Waals surface area contributed by atoms with E-state index < -0.39 is 0 Å². The van der Waals surface area contributed by atoms with E-state index >= 15 is 0 Å². The summed E-state index contributed by atoms with van der Waals surface area (Å²) in [5, 5.41) is 2.47. The van der Waals surface area contributed by atoms with Gasteiger partial charge in [0, 0.05) is 39.5 Å². The zero-order valence-electron chi connectivity index (χ0n) is 33.4. The summed E-state index contributed by atoms with van der Waals surface area (Å²) in [5.41, 5.74) is 15.8. The van der Waals surface area contributed by atoms with Gasteiger partial charge in [0.15, 0.2) is 0 Å². The Morgan fingerprint density at radius 3 is 1.44 bits per heavy atom. The lowest BCUT2D eigenvalue weighted by Gasteiger charge is -2.28. The van der Waals surface area contributed by atoms with Crippen molar-refractivity contribution in [2.45, 2.75) is 45.4 Å². The second-order valence-electron chi connectivity index (χ2n) is 16.8. The van der Waals surface area contributed by atoms with Crippen LogP contribution in [0.5, 0.6) is 0 Å². The molecule has 2 nitrogen and oxygen atoms in total. The topological polar surface area (TPSA) is 6.48 Å². The average Bonchev–Trinajstić information content (AvgIpc) is 3.46. The maximum Gasteiger partial charge on any atom is 0.0468 e. The fourth-order valence-corrected chi connectivity index (χ4v) is 8.39. The Morgan fingerprint density at radius 2 is 0.825 bits per heavy atom. The smallest absolute Gasteiger partial charge is 0.0468 e. The first-order valence-electron chi connectivity index (χ1n) is 20.0. The summed E-state index contributed by atoms with van der Waals surface area (Å²) in [6.07, 6.45) is 4.48. The molecule has 8 aromatic rings. The summed E-state index contributed by atoms with van der Waals surface area (Å²) in [6.45, 7) is 11.5. The van der Waals surface area contributed by atoms with Gasteiger partial charge < -0.3 is 9.80 Å². The molecule has 0 aromatic heterocycles. The first-order chi connectivity index (χ1) is 27.6. The lowest BCUT2D eigenvalue weighted by Crippen LogP contribution is -2.16. The van der Waals surface area contributed by atoms with Crippen molar-refractivity contribution in [3.63, 3.8) is 0 Å². The highest BCUT2D eigenvalue weighted by Gasteiger charge is 2.36. The van der Waals surface area contributed by atoms with Gasteiger partial charge in [-0.15, -0.1) is 0 Å². The third-order valence-corrected chi connectivity index (χ3v) is 11.6. The van der Waals surface area contributed by atoms with Crippen molar-refractivity contribution in [1.29, 1.82) is 0 Å². The standard InChI is InChI=1S/C55H48N2/c1-54(2,3)43-26-31-47(32-27-43)57(48-30-25-41-14-12-13-15-42(41)37-48)46-28-22-39(23-29-46)20-21-40-24-34-50-51-35-33-49(38-53(51)55(4,5)52(50)36-40)56(44-16-8-6-9-17-44)45-18-10-7-11-19-45/h6-38H,1-5H3/b21-20+. The number of hydrogen-bond acceptors (Lipinski definition) is 2. The summed E-state index contributed by atoms with van der Waals surface area (Å²) in [7, 11) is 0. The molecule has 0 heterocycles. The minimum atomic E-state index is -0.150. The van der Waals surface area contributed by atoms with E-state index in [-0.39, 0.29) is 10.8 Å². The molecule has 1 aliphatic carbocycles. The molecule has 0 saturated heterocycles. The SMILES string of the molecule is CC(C)(C)c1ccc(N(c2ccc(/C=C/c3ccc4c(c3)C(C)(C)c3cc(N(c5ccccc5)c5ccccc5)ccc3-4)cc2)c2ccc3ccccc3c2)cc1. The van der Waals surface area contributed by atoms with Crippen molar-refractivity contribution >= 4 is 57.0 Å². The minimum Gasteiger partial charge on any atom is -0.310 e. The summed E-state index contributed by atoms with van der Waals surface area (Å²) >= 11 is 0. The van der Waals surface area contributed by atoms with Crippen molar-refractivity contribution < 1.29 is 0 Å². The lowest BCUT2D eigenvalue weighted by atomic mass is 9.81. The van der Waals surface area contributed by atoms with Gasteiger partial charge in [0.2, 0.25) is 0 Å². The Bertz CT molecular complexity index is 2680. The number of rotatable bonds is 8. The van der Waals surface area contributed by atoms with Gasteiger partial charge in [0.05, 0.1) is 0 Å². The van der Waals surface area contributed by atoms with Crippen LogP contribution < -0.4 is 9.80 Å². The fourth-order valence-electron chi connectivity index (χ4n) is 8.39. The monoisotopic (exact) mass is 736 g/mol. The molecule has 0 unspecified atom stereocenters. The van der Waals surface area contributed by atoms with Crippen LogP contribution in [0.2, 0.25) is 0 Å². The van der Waals surface area contributed by atoms with E-state index in [0.29, 0.717) is 0 Å². The van der Waals surface area contributed by atoms with Crippen LogP contribution in [0.1, 0.15) is 62.4 Å². The largest absolute Gasteiger partial charge is 0.310 e. The Kier molecular flexibility index (Phi) is 9.14. The van der Waals surface area contributed by atoms with E-state index in [0.717, 1.165) is 39.7 Å². The molecule has 1 aliphatic rings. The van der Waals surface area contributed by atoms with E-state index in [1.165, 1.54) is 44.2 Å². The number of hydrogen-bond donors (Lipinski definition) is 0. The lowest BCUT2D eigenvalue weighted by molar-refractivity contribution is 0.590. The molecule has 9 rings (SSSR count).